The number of hydrogen-bond acceptors (Lipinski definition) is 2. The predicted molar refractivity (Wildman–Crippen MR) is 46.2 cm³/mol. The van der Waals surface area contributed by atoms with Gasteiger partial charge < -0.3 is 9.47 Å². The molecule has 2 rings (SSSR count). The smallest absolute Gasteiger partial charge is 0.202 e. The minimum Gasteiger partial charge on any atom is -0.465 e. The first-order valence-corrected chi connectivity index (χ1v) is 4.20. The summed E-state index contributed by atoms with van der Waals surface area (Å²) in [4.78, 5) is 0. The van der Waals surface area contributed by atoms with E-state index >= 15 is 0 Å². The van der Waals surface area contributed by atoms with E-state index in [0.29, 0.717) is 0 Å². The molecule has 2 heteroatoms. The molecule has 2 nitrogen and oxygen atoms in total. The van der Waals surface area contributed by atoms with Crippen molar-refractivity contribution in [3.05, 3.63) is 29.8 Å². The van der Waals surface area contributed by atoms with Crippen molar-refractivity contribution in [2.45, 2.75) is 19.6 Å². The van der Waals surface area contributed by atoms with Gasteiger partial charge in [-0.3, -0.25) is 0 Å². The van der Waals surface area contributed by atoms with Gasteiger partial charge in [0.15, 0.2) is 0 Å². The fourth-order valence-electron chi connectivity index (χ4n) is 1.14. The zero-order valence-corrected chi connectivity index (χ0v) is 7.12. The van der Waals surface area contributed by atoms with Crippen LogP contribution in [0.3, 0.4) is 0 Å². The van der Waals surface area contributed by atoms with Crippen LogP contribution in [0, 0.1) is 6.92 Å². The van der Waals surface area contributed by atoms with Crippen molar-refractivity contribution in [2.24, 2.45) is 0 Å². The third kappa shape index (κ3) is 1.43. The van der Waals surface area contributed by atoms with Gasteiger partial charge in [-0.1, -0.05) is 18.2 Å². The van der Waals surface area contributed by atoms with Gasteiger partial charge in [-0.2, -0.15) is 0 Å². The third-order valence-corrected chi connectivity index (χ3v) is 2.01. The number of aryl methyl sites for hydroxylation is 1. The van der Waals surface area contributed by atoms with Gasteiger partial charge in [0.1, 0.15) is 5.75 Å². The molecular weight excluding hydrogens is 152 g/mol. The van der Waals surface area contributed by atoms with Crippen molar-refractivity contribution >= 4 is 0 Å². The minimum absolute atomic E-state index is 0.00824. The zero-order valence-electron chi connectivity index (χ0n) is 7.12. The van der Waals surface area contributed by atoms with Gasteiger partial charge in [-0.05, 0) is 18.6 Å². The highest BCUT2D eigenvalue weighted by atomic mass is 16.7. The molecule has 0 bridgehead atoms. The Labute approximate surface area is 72.1 Å². The Hall–Kier alpha value is -1.02. The Morgan fingerprint density at radius 3 is 2.75 bits per heavy atom. The normalized spacial score (nSPS) is 21.6. The van der Waals surface area contributed by atoms with E-state index in [1.165, 1.54) is 0 Å². The van der Waals surface area contributed by atoms with E-state index < -0.39 is 0 Å². The Bertz CT molecular complexity index is 266. The highest BCUT2D eigenvalue weighted by Crippen LogP contribution is 2.22. The van der Waals surface area contributed by atoms with E-state index in [0.717, 1.165) is 24.3 Å². The molecule has 1 aromatic carbocycles. The Morgan fingerprint density at radius 1 is 1.42 bits per heavy atom. The zero-order chi connectivity index (χ0) is 8.39. The third-order valence-electron chi connectivity index (χ3n) is 2.01. The molecule has 0 amide bonds. The summed E-state index contributed by atoms with van der Waals surface area (Å²) in [6.07, 6.45) is 1.00. The molecule has 0 aliphatic carbocycles. The summed E-state index contributed by atoms with van der Waals surface area (Å²) in [7, 11) is 0. The molecule has 64 valence electrons. The maximum absolute atomic E-state index is 5.56. The van der Waals surface area contributed by atoms with E-state index in [9.17, 15) is 0 Å². The van der Waals surface area contributed by atoms with E-state index in [2.05, 4.69) is 0 Å². The standard InChI is InChI=1S/C10H12O2/c1-8-4-2-3-5-9(8)12-10-6-7-11-10/h2-5,10H,6-7H2,1H3. The topological polar surface area (TPSA) is 18.5 Å². The first kappa shape index (κ1) is 7.62. The molecule has 1 saturated heterocycles. The fourth-order valence-corrected chi connectivity index (χ4v) is 1.14. The minimum atomic E-state index is -0.00824. The van der Waals surface area contributed by atoms with Gasteiger partial charge in [0.25, 0.3) is 0 Å². The van der Waals surface area contributed by atoms with Crippen molar-refractivity contribution < 1.29 is 9.47 Å². The Morgan fingerprint density at radius 2 is 2.17 bits per heavy atom. The first-order chi connectivity index (χ1) is 5.86. The van der Waals surface area contributed by atoms with Crippen molar-refractivity contribution in [3.8, 4) is 5.75 Å². The molecule has 1 heterocycles. The van der Waals surface area contributed by atoms with Crippen LogP contribution in [-0.2, 0) is 4.74 Å². The number of para-hydroxylation sites is 1. The lowest BCUT2D eigenvalue weighted by Crippen LogP contribution is -2.32. The maximum atomic E-state index is 5.56. The van der Waals surface area contributed by atoms with Gasteiger partial charge in [0.05, 0.1) is 6.61 Å². The van der Waals surface area contributed by atoms with Crippen molar-refractivity contribution in [2.75, 3.05) is 6.61 Å². The molecule has 0 spiro atoms. The monoisotopic (exact) mass is 164 g/mol. The summed E-state index contributed by atoms with van der Waals surface area (Å²) in [5.74, 6) is 0.933. The molecule has 1 fully saturated rings. The van der Waals surface area contributed by atoms with Crippen LogP contribution in [0.1, 0.15) is 12.0 Å². The molecule has 12 heavy (non-hydrogen) atoms. The van der Waals surface area contributed by atoms with Crippen molar-refractivity contribution in [1.29, 1.82) is 0 Å². The molecule has 0 N–H and O–H groups in total. The van der Waals surface area contributed by atoms with Crippen LogP contribution in [0.15, 0.2) is 24.3 Å². The van der Waals surface area contributed by atoms with Crippen LogP contribution in [-0.4, -0.2) is 12.9 Å². The summed E-state index contributed by atoms with van der Waals surface area (Å²) in [5, 5.41) is 0. The van der Waals surface area contributed by atoms with E-state index in [-0.39, 0.29) is 6.29 Å². The number of hydrogen-bond donors (Lipinski definition) is 0. The van der Waals surface area contributed by atoms with E-state index in [4.69, 9.17) is 9.47 Å². The maximum Gasteiger partial charge on any atom is 0.202 e. The molecule has 1 unspecified atom stereocenters. The van der Waals surface area contributed by atoms with Crippen LogP contribution in [0.25, 0.3) is 0 Å². The Kier molecular flexibility index (Phi) is 2.00. The van der Waals surface area contributed by atoms with Crippen LogP contribution in [0.2, 0.25) is 0 Å². The van der Waals surface area contributed by atoms with E-state index in [1.807, 2.05) is 31.2 Å². The summed E-state index contributed by atoms with van der Waals surface area (Å²) in [6.45, 7) is 2.87. The molecule has 0 radical (unpaired) electrons. The molecule has 1 aliphatic rings. The highest BCUT2D eigenvalue weighted by Gasteiger charge is 2.19. The summed E-state index contributed by atoms with van der Waals surface area (Å²) in [6, 6.07) is 7.98. The first-order valence-electron chi connectivity index (χ1n) is 4.20. The van der Waals surface area contributed by atoms with Crippen LogP contribution < -0.4 is 4.74 Å². The van der Waals surface area contributed by atoms with Crippen molar-refractivity contribution in [3.63, 3.8) is 0 Å². The molecule has 0 aromatic heterocycles. The van der Waals surface area contributed by atoms with Gasteiger partial charge in [0.2, 0.25) is 6.29 Å². The average molecular weight is 164 g/mol. The lowest BCUT2D eigenvalue weighted by molar-refractivity contribution is -0.165. The van der Waals surface area contributed by atoms with Crippen LogP contribution in [0.5, 0.6) is 5.75 Å². The second-order valence-electron chi connectivity index (χ2n) is 2.97. The lowest BCUT2D eigenvalue weighted by Gasteiger charge is -2.27. The summed E-state index contributed by atoms with van der Waals surface area (Å²) in [5.41, 5.74) is 1.16. The van der Waals surface area contributed by atoms with Gasteiger partial charge in [-0.25, -0.2) is 0 Å². The summed E-state index contributed by atoms with van der Waals surface area (Å²) < 4.78 is 10.7. The number of rotatable bonds is 2. The van der Waals surface area contributed by atoms with Gasteiger partial charge in [0, 0.05) is 6.42 Å². The van der Waals surface area contributed by atoms with Gasteiger partial charge >= 0.3 is 0 Å². The fraction of sp³-hybridized carbons (Fsp3) is 0.400. The second-order valence-corrected chi connectivity index (χ2v) is 2.97. The lowest BCUT2D eigenvalue weighted by atomic mass is 10.2. The van der Waals surface area contributed by atoms with Gasteiger partial charge in [-0.15, -0.1) is 0 Å². The average Bonchev–Trinajstić information content (AvgIpc) is 2.00. The molecule has 0 saturated carbocycles. The molecule has 1 atom stereocenters. The Balaban J connectivity index is 2.06. The largest absolute Gasteiger partial charge is 0.465 e. The quantitative estimate of drug-likeness (QED) is 0.666. The highest BCUT2D eigenvalue weighted by molar-refractivity contribution is 5.31. The predicted octanol–water partition coefficient (Wildman–Crippen LogP) is 2.12. The number of ether oxygens (including phenoxy) is 2. The van der Waals surface area contributed by atoms with E-state index in [1.54, 1.807) is 0 Å². The van der Waals surface area contributed by atoms with Crippen molar-refractivity contribution in [1.82, 2.24) is 0 Å². The summed E-state index contributed by atoms with van der Waals surface area (Å²) >= 11 is 0. The molecular formula is C10H12O2. The molecule has 1 aromatic rings. The second kappa shape index (κ2) is 3.15. The SMILES string of the molecule is Cc1ccccc1OC1CCO1. The van der Waals surface area contributed by atoms with Crippen LogP contribution >= 0.6 is 0 Å². The number of benzene rings is 1. The molecule has 1 aliphatic heterocycles. The van der Waals surface area contributed by atoms with Crippen LogP contribution in [0.4, 0.5) is 0 Å².